The van der Waals surface area contributed by atoms with Gasteiger partial charge in [-0.1, -0.05) is 194 Å². The summed E-state index contributed by atoms with van der Waals surface area (Å²) < 4.78 is 6.38. The lowest BCUT2D eigenvalue weighted by atomic mass is 9.80. The van der Waals surface area contributed by atoms with Gasteiger partial charge >= 0.3 is 0 Å². The molecule has 10 aromatic carbocycles. The number of fused-ring (bicyclic) bond motifs is 3. The van der Waals surface area contributed by atoms with E-state index in [1.807, 2.05) is 19.2 Å². The van der Waals surface area contributed by atoms with E-state index in [-0.39, 0.29) is 0 Å². The average Bonchev–Trinajstić information content (AvgIpc) is 2.43. The van der Waals surface area contributed by atoms with Crippen molar-refractivity contribution in [1.82, 2.24) is 15.0 Å². The van der Waals surface area contributed by atoms with Crippen LogP contribution in [0.1, 0.15) is 27.9 Å². The van der Waals surface area contributed by atoms with Crippen LogP contribution in [0.4, 0.5) is 0 Å². The first-order valence-corrected chi connectivity index (χ1v) is 28.8. The van der Waals surface area contributed by atoms with Crippen LogP contribution in [0.5, 0.6) is 0 Å². The highest BCUT2D eigenvalue weighted by molar-refractivity contribution is 6.08. The molecule has 0 N–H and O–H groups in total. The number of benzene rings is 10. The van der Waals surface area contributed by atoms with Crippen molar-refractivity contribution >= 4 is 22.1 Å². The molecule has 0 aliphatic rings. The van der Waals surface area contributed by atoms with Gasteiger partial charge in [-0.05, 0) is 207 Å². The number of aryl methyl sites for hydroxylation is 1. The summed E-state index contributed by atoms with van der Waals surface area (Å²) in [6, 6.07) is 91.3. The number of rotatable bonds is 11. The quantitative estimate of drug-likeness (QED) is 0.130. The molecule has 0 aliphatic heterocycles. The van der Waals surface area contributed by atoms with E-state index in [9.17, 15) is 0 Å². The van der Waals surface area contributed by atoms with Crippen molar-refractivity contribution in [3.8, 4) is 123 Å². The molecule has 4 aromatic heterocycles. The number of pyridine rings is 3. The van der Waals surface area contributed by atoms with E-state index >= 15 is 0 Å². The molecule has 84 heavy (non-hydrogen) atoms. The number of hydrogen-bond acceptors (Lipinski definition) is 4. The van der Waals surface area contributed by atoms with Crippen molar-refractivity contribution in [3.05, 3.63) is 295 Å². The number of para-hydroxylation sites is 1. The molecule has 0 fully saturated rings. The van der Waals surface area contributed by atoms with Gasteiger partial charge in [0.25, 0.3) is 0 Å². The first-order chi connectivity index (χ1) is 41.2. The first-order valence-electron chi connectivity index (χ1n) is 28.8. The minimum atomic E-state index is 0.647. The van der Waals surface area contributed by atoms with Crippen LogP contribution in [0, 0.1) is 34.6 Å². The van der Waals surface area contributed by atoms with Gasteiger partial charge in [-0.25, -0.2) is 4.98 Å². The zero-order valence-corrected chi connectivity index (χ0v) is 47.7. The molecule has 0 bridgehead atoms. The lowest BCUT2D eigenvalue weighted by molar-refractivity contribution is 0.653. The summed E-state index contributed by atoms with van der Waals surface area (Å²) in [6.45, 7) is 11.1. The SMILES string of the molecule is Cc1ccc2c(n1)oc1c(-c3ccc(-c4ccccc4-c4c(C)c(C)c(-c5ccccc5-c5cnc(-c6cccc(-c7cccc(-c8cc(-c9ccccc9)cc(-c9ccccc9)c8)c7)c6)cc5-c5ccccc5)c(C)c4C)cn3)cccc12. The molecule has 4 nitrogen and oxygen atoms in total. The minimum Gasteiger partial charge on any atom is -0.437 e. The summed E-state index contributed by atoms with van der Waals surface area (Å²) in [5, 5.41) is 2.05. The molecule has 4 heteroatoms. The third-order valence-corrected chi connectivity index (χ3v) is 17.0. The molecule has 0 aliphatic carbocycles. The Morgan fingerprint density at radius 2 is 0.714 bits per heavy atom. The van der Waals surface area contributed by atoms with Gasteiger partial charge < -0.3 is 4.42 Å². The Morgan fingerprint density at radius 3 is 1.31 bits per heavy atom. The van der Waals surface area contributed by atoms with Crippen LogP contribution in [-0.2, 0) is 0 Å². The summed E-state index contributed by atoms with van der Waals surface area (Å²) >= 11 is 0. The topological polar surface area (TPSA) is 51.8 Å². The normalized spacial score (nSPS) is 11.4. The van der Waals surface area contributed by atoms with Gasteiger partial charge in [0.1, 0.15) is 5.58 Å². The standard InChI is InChI=1S/C80H59N3O/c1-50-38-40-71-70-36-21-37-72(79(70)84-80(71)83-50)75-41-39-62(48-81-75)66-32-15-17-34-68(66)77-51(2)53(4)78(54(5)52(77)3)69-35-18-16-33-67(69)74-49-82-76(47-73(74)57-26-13-8-14-27-57)61-31-20-29-59(43-61)58-28-19-30-60(42-58)65-45-63(55-22-9-6-10-23-55)44-64(46-65)56-24-11-7-12-25-56/h6-49H,1-5H3. The highest BCUT2D eigenvalue weighted by Gasteiger charge is 2.24. The van der Waals surface area contributed by atoms with Crippen molar-refractivity contribution in [2.75, 3.05) is 0 Å². The predicted octanol–water partition coefficient (Wildman–Crippen LogP) is 21.7. The maximum atomic E-state index is 6.38. The molecule has 0 unspecified atom stereocenters. The molecule has 0 amide bonds. The number of hydrogen-bond donors (Lipinski definition) is 0. The Morgan fingerprint density at radius 1 is 0.262 bits per heavy atom. The lowest BCUT2D eigenvalue weighted by Crippen LogP contribution is -2.02. The van der Waals surface area contributed by atoms with Gasteiger partial charge in [0.15, 0.2) is 0 Å². The van der Waals surface area contributed by atoms with Crippen molar-refractivity contribution < 1.29 is 4.42 Å². The summed E-state index contributed by atoms with van der Waals surface area (Å²) in [6.07, 6.45) is 4.10. The fourth-order valence-electron chi connectivity index (χ4n) is 12.5. The highest BCUT2D eigenvalue weighted by Crippen LogP contribution is 2.47. The summed E-state index contributed by atoms with van der Waals surface area (Å²) in [5.41, 5.74) is 32.1. The van der Waals surface area contributed by atoms with Crippen molar-refractivity contribution in [2.45, 2.75) is 34.6 Å². The fourth-order valence-corrected chi connectivity index (χ4v) is 12.5. The molecule has 14 aromatic rings. The Hall–Kier alpha value is -10.6. The predicted molar refractivity (Wildman–Crippen MR) is 351 cm³/mol. The molecule has 4 heterocycles. The Balaban J connectivity index is 0.810. The van der Waals surface area contributed by atoms with E-state index in [2.05, 4.69) is 288 Å². The van der Waals surface area contributed by atoms with E-state index < -0.39 is 0 Å². The minimum absolute atomic E-state index is 0.647. The van der Waals surface area contributed by atoms with Gasteiger partial charge in [0.05, 0.1) is 11.4 Å². The lowest BCUT2D eigenvalue weighted by Gasteiger charge is -2.24. The molecule has 0 atom stereocenters. The zero-order chi connectivity index (χ0) is 56.8. The van der Waals surface area contributed by atoms with Gasteiger partial charge in [-0.3, -0.25) is 9.97 Å². The number of nitrogens with zero attached hydrogens (tertiary/aromatic N) is 3. The molecule has 0 radical (unpaired) electrons. The molecular formula is C80H59N3O. The van der Waals surface area contributed by atoms with Crippen LogP contribution in [0.3, 0.4) is 0 Å². The molecule has 0 saturated heterocycles. The second kappa shape index (κ2) is 21.7. The maximum absolute atomic E-state index is 6.38. The molecule has 400 valence electrons. The van der Waals surface area contributed by atoms with Gasteiger partial charge in [0, 0.05) is 51.1 Å². The molecule has 0 spiro atoms. The van der Waals surface area contributed by atoms with Gasteiger partial charge in [0.2, 0.25) is 5.71 Å². The van der Waals surface area contributed by atoms with Crippen LogP contribution in [0.15, 0.2) is 272 Å². The van der Waals surface area contributed by atoms with Crippen LogP contribution in [0.25, 0.3) is 145 Å². The number of furan rings is 1. The summed E-state index contributed by atoms with van der Waals surface area (Å²) in [7, 11) is 0. The Bertz CT molecular complexity index is 4720. The van der Waals surface area contributed by atoms with E-state index in [1.165, 1.54) is 72.3 Å². The van der Waals surface area contributed by atoms with Gasteiger partial charge in [-0.15, -0.1) is 0 Å². The molecule has 0 saturated carbocycles. The van der Waals surface area contributed by atoms with E-state index in [0.717, 1.165) is 94.6 Å². The summed E-state index contributed by atoms with van der Waals surface area (Å²) in [4.78, 5) is 15.1. The third kappa shape index (κ3) is 9.48. The van der Waals surface area contributed by atoms with E-state index in [0.29, 0.717) is 5.71 Å². The van der Waals surface area contributed by atoms with E-state index in [1.54, 1.807) is 0 Å². The van der Waals surface area contributed by atoms with Crippen LogP contribution >= 0.6 is 0 Å². The fraction of sp³-hybridized carbons (Fsp3) is 0.0625. The molecular weight excluding hydrogens is 1020 g/mol. The van der Waals surface area contributed by atoms with Crippen LogP contribution in [0.2, 0.25) is 0 Å². The van der Waals surface area contributed by atoms with Crippen LogP contribution in [-0.4, -0.2) is 15.0 Å². The Labute approximate surface area is 491 Å². The van der Waals surface area contributed by atoms with Crippen LogP contribution < -0.4 is 0 Å². The third-order valence-electron chi connectivity index (χ3n) is 17.0. The van der Waals surface area contributed by atoms with Gasteiger partial charge in [-0.2, -0.15) is 0 Å². The Kier molecular flexibility index (Phi) is 13.3. The monoisotopic (exact) mass is 1080 g/mol. The summed E-state index contributed by atoms with van der Waals surface area (Å²) in [5.74, 6) is 0. The maximum Gasteiger partial charge on any atom is 0.227 e. The largest absolute Gasteiger partial charge is 0.437 e. The van der Waals surface area contributed by atoms with Crippen molar-refractivity contribution in [2.24, 2.45) is 0 Å². The van der Waals surface area contributed by atoms with E-state index in [4.69, 9.17) is 14.4 Å². The highest BCUT2D eigenvalue weighted by atomic mass is 16.3. The second-order valence-electron chi connectivity index (χ2n) is 22.0. The average molecular weight is 1080 g/mol. The zero-order valence-electron chi connectivity index (χ0n) is 47.7. The first kappa shape index (κ1) is 51.6. The second-order valence-corrected chi connectivity index (χ2v) is 22.0. The molecule has 14 rings (SSSR count). The van der Waals surface area contributed by atoms with Crippen molar-refractivity contribution in [3.63, 3.8) is 0 Å². The number of aromatic nitrogens is 3. The van der Waals surface area contributed by atoms with Crippen molar-refractivity contribution in [1.29, 1.82) is 0 Å². The smallest absolute Gasteiger partial charge is 0.227 e.